The number of carbonyl (C=O) groups excluding carboxylic acids is 1. The summed E-state index contributed by atoms with van der Waals surface area (Å²) in [6.07, 6.45) is 2.75. The molecule has 0 fully saturated rings. The molecular formula is C18H18N2O. The zero-order valence-electron chi connectivity index (χ0n) is 12.0. The molecule has 3 heteroatoms. The molecule has 1 atom stereocenters. The molecule has 0 saturated carbocycles. The summed E-state index contributed by atoms with van der Waals surface area (Å²) in [4.78, 5) is 11.7. The van der Waals surface area contributed by atoms with Gasteiger partial charge >= 0.3 is 0 Å². The van der Waals surface area contributed by atoms with Crippen molar-refractivity contribution < 1.29 is 4.79 Å². The van der Waals surface area contributed by atoms with Crippen LogP contribution in [0.5, 0.6) is 0 Å². The number of nitrogens with two attached hydrogens (primary N) is 1. The van der Waals surface area contributed by atoms with Crippen LogP contribution >= 0.6 is 0 Å². The minimum Gasteiger partial charge on any atom is -0.369 e. The van der Waals surface area contributed by atoms with Gasteiger partial charge in [-0.15, -0.1) is 0 Å². The van der Waals surface area contributed by atoms with E-state index in [4.69, 9.17) is 5.73 Å². The average Bonchev–Trinajstić information content (AvgIpc) is 2.88. The van der Waals surface area contributed by atoms with Crippen LogP contribution in [-0.4, -0.2) is 10.5 Å². The molecule has 0 radical (unpaired) electrons. The average molecular weight is 278 g/mol. The first-order chi connectivity index (χ1) is 10.2. The second kappa shape index (κ2) is 5.44. The van der Waals surface area contributed by atoms with Gasteiger partial charge in [0.2, 0.25) is 5.91 Å². The van der Waals surface area contributed by atoms with Crippen molar-refractivity contribution in [3.05, 3.63) is 66.4 Å². The van der Waals surface area contributed by atoms with E-state index in [0.29, 0.717) is 6.42 Å². The van der Waals surface area contributed by atoms with E-state index in [1.54, 1.807) is 0 Å². The molecule has 3 rings (SSSR count). The van der Waals surface area contributed by atoms with Crippen molar-refractivity contribution in [2.45, 2.75) is 19.3 Å². The first-order valence-corrected chi connectivity index (χ1v) is 7.17. The van der Waals surface area contributed by atoms with Crippen LogP contribution in [-0.2, 0) is 4.79 Å². The molecule has 1 heterocycles. The molecule has 2 N–H and O–H groups in total. The van der Waals surface area contributed by atoms with Crippen molar-refractivity contribution in [2.24, 2.45) is 5.73 Å². The van der Waals surface area contributed by atoms with Gasteiger partial charge in [0.1, 0.15) is 0 Å². The summed E-state index contributed by atoms with van der Waals surface area (Å²) in [5, 5.41) is 1.09. The summed E-state index contributed by atoms with van der Waals surface area (Å²) >= 11 is 0. The maximum atomic E-state index is 11.7. The Balaban J connectivity index is 2.26. The molecule has 0 spiro atoms. The first-order valence-electron chi connectivity index (χ1n) is 7.17. The molecule has 3 aromatic rings. The van der Waals surface area contributed by atoms with Crippen LogP contribution in [0.1, 0.15) is 24.8 Å². The standard InChI is InChI=1S/C18H18N2O/c1-2-14(18(19)21)16-12-20(13-8-4-3-5-9-13)17-11-7-6-10-15(16)17/h3-12,14H,2H2,1H3,(H2,19,21). The Hall–Kier alpha value is -2.55. The van der Waals surface area contributed by atoms with Crippen molar-refractivity contribution in [1.82, 2.24) is 4.57 Å². The lowest BCUT2D eigenvalue weighted by atomic mass is 9.95. The van der Waals surface area contributed by atoms with Gasteiger partial charge in [-0.25, -0.2) is 0 Å². The van der Waals surface area contributed by atoms with Gasteiger partial charge in [-0.1, -0.05) is 43.3 Å². The number of hydrogen-bond acceptors (Lipinski definition) is 1. The molecule has 0 aliphatic heterocycles. The highest BCUT2D eigenvalue weighted by molar-refractivity contribution is 5.92. The zero-order chi connectivity index (χ0) is 14.8. The Bertz CT molecular complexity index is 774. The highest BCUT2D eigenvalue weighted by atomic mass is 16.1. The SMILES string of the molecule is CCC(C(N)=O)c1cn(-c2ccccc2)c2ccccc12. The second-order valence-electron chi connectivity index (χ2n) is 5.17. The molecule has 1 amide bonds. The highest BCUT2D eigenvalue weighted by Crippen LogP contribution is 2.31. The van der Waals surface area contributed by atoms with Crippen molar-refractivity contribution >= 4 is 16.8 Å². The van der Waals surface area contributed by atoms with Gasteiger partial charge in [-0.2, -0.15) is 0 Å². The smallest absolute Gasteiger partial charge is 0.225 e. The van der Waals surface area contributed by atoms with Crippen LogP contribution in [0, 0.1) is 0 Å². The summed E-state index contributed by atoms with van der Waals surface area (Å²) in [6.45, 7) is 1.99. The topological polar surface area (TPSA) is 48.0 Å². The van der Waals surface area contributed by atoms with Gasteiger partial charge in [0.25, 0.3) is 0 Å². The fraction of sp³-hybridized carbons (Fsp3) is 0.167. The fourth-order valence-electron chi connectivity index (χ4n) is 2.86. The van der Waals surface area contributed by atoms with Crippen LogP contribution in [0.25, 0.3) is 16.6 Å². The molecule has 3 nitrogen and oxygen atoms in total. The fourth-order valence-corrected chi connectivity index (χ4v) is 2.86. The summed E-state index contributed by atoms with van der Waals surface area (Å²) in [5.74, 6) is -0.520. The van der Waals surface area contributed by atoms with Gasteiger partial charge in [-0.05, 0) is 30.2 Å². The van der Waals surface area contributed by atoms with E-state index in [1.807, 2.05) is 43.5 Å². The second-order valence-corrected chi connectivity index (χ2v) is 5.17. The molecule has 0 aliphatic rings. The van der Waals surface area contributed by atoms with Gasteiger partial charge in [0, 0.05) is 17.3 Å². The number of para-hydroxylation sites is 2. The minimum absolute atomic E-state index is 0.250. The minimum atomic E-state index is -0.270. The van der Waals surface area contributed by atoms with Crippen LogP contribution in [0.2, 0.25) is 0 Å². The Morgan fingerprint density at radius 2 is 1.76 bits per heavy atom. The van der Waals surface area contributed by atoms with Crippen LogP contribution < -0.4 is 5.73 Å². The van der Waals surface area contributed by atoms with Crippen LogP contribution in [0.4, 0.5) is 0 Å². The Labute approximate surface area is 124 Å². The normalized spacial score (nSPS) is 12.4. The number of benzene rings is 2. The Morgan fingerprint density at radius 1 is 1.10 bits per heavy atom. The summed E-state index contributed by atoms with van der Waals surface area (Å²) in [7, 11) is 0. The van der Waals surface area contributed by atoms with Crippen molar-refractivity contribution in [1.29, 1.82) is 0 Å². The monoisotopic (exact) mass is 278 g/mol. The van der Waals surface area contributed by atoms with Crippen LogP contribution in [0.3, 0.4) is 0 Å². The third-order valence-electron chi connectivity index (χ3n) is 3.90. The predicted octanol–water partition coefficient (Wildman–Crippen LogP) is 3.61. The molecule has 1 unspecified atom stereocenters. The molecular weight excluding hydrogens is 260 g/mol. The van der Waals surface area contributed by atoms with E-state index in [2.05, 4.69) is 28.8 Å². The predicted molar refractivity (Wildman–Crippen MR) is 85.5 cm³/mol. The quantitative estimate of drug-likeness (QED) is 0.778. The number of primary amides is 1. The van der Waals surface area contributed by atoms with E-state index >= 15 is 0 Å². The lowest BCUT2D eigenvalue weighted by Gasteiger charge is -2.09. The van der Waals surface area contributed by atoms with E-state index in [0.717, 1.165) is 22.2 Å². The van der Waals surface area contributed by atoms with Gasteiger partial charge in [-0.3, -0.25) is 4.79 Å². The zero-order valence-corrected chi connectivity index (χ0v) is 12.0. The van der Waals surface area contributed by atoms with Gasteiger partial charge in [0.05, 0.1) is 11.4 Å². The molecule has 1 aromatic heterocycles. The Kier molecular flexibility index (Phi) is 3.48. The number of amides is 1. The number of aromatic nitrogens is 1. The molecule has 0 aliphatic carbocycles. The number of rotatable bonds is 4. The molecule has 0 bridgehead atoms. The first kappa shape index (κ1) is 13.4. The number of carbonyl (C=O) groups is 1. The maximum Gasteiger partial charge on any atom is 0.225 e. The summed E-state index contributed by atoms with van der Waals surface area (Å²) in [6, 6.07) is 18.3. The maximum absolute atomic E-state index is 11.7. The number of hydrogen-bond donors (Lipinski definition) is 1. The van der Waals surface area contributed by atoms with Crippen molar-refractivity contribution in [3.8, 4) is 5.69 Å². The van der Waals surface area contributed by atoms with E-state index in [1.165, 1.54) is 0 Å². The lowest BCUT2D eigenvalue weighted by Crippen LogP contribution is -2.20. The third kappa shape index (κ3) is 2.31. The summed E-state index contributed by atoms with van der Waals surface area (Å²) in [5.41, 5.74) is 8.75. The van der Waals surface area contributed by atoms with E-state index < -0.39 is 0 Å². The van der Waals surface area contributed by atoms with Crippen molar-refractivity contribution in [2.75, 3.05) is 0 Å². The van der Waals surface area contributed by atoms with Crippen molar-refractivity contribution in [3.63, 3.8) is 0 Å². The van der Waals surface area contributed by atoms with Gasteiger partial charge in [0.15, 0.2) is 0 Å². The molecule has 2 aromatic carbocycles. The van der Waals surface area contributed by atoms with E-state index in [9.17, 15) is 4.79 Å². The lowest BCUT2D eigenvalue weighted by molar-refractivity contribution is -0.119. The third-order valence-corrected chi connectivity index (χ3v) is 3.90. The number of fused-ring (bicyclic) bond motifs is 1. The summed E-state index contributed by atoms with van der Waals surface area (Å²) < 4.78 is 2.12. The Morgan fingerprint density at radius 3 is 2.43 bits per heavy atom. The molecule has 0 saturated heterocycles. The molecule has 21 heavy (non-hydrogen) atoms. The van der Waals surface area contributed by atoms with E-state index in [-0.39, 0.29) is 11.8 Å². The highest BCUT2D eigenvalue weighted by Gasteiger charge is 2.21. The molecule has 106 valence electrons. The van der Waals surface area contributed by atoms with Gasteiger partial charge < -0.3 is 10.3 Å². The number of nitrogens with zero attached hydrogens (tertiary/aromatic N) is 1. The largest absolute Gasteiger partial charge is 0.369 e. The van der Waals surface area contributed by atoms with Crippen LogP contribution in [0.15, 0.2) is 60.8 Å².